The summed E-state index contributed by atoms with van der Waals surface area (Å²) in [7, 11) is 0. The third-order valence-electron chi connectivity index (χ3n) is 17.0. The Labute approximate surface area is 397 Å². The van der Waals surface area contributed by atoms with Crippen molar-refractivity contribution in [2.75, 3.05) is 6.61 Å². The van der Waals surface area contributed by atoms with Crippen LogP contribution in [0.15, 0.2) is 12.2 Å². The summed E-state index contributed by atoms with van der Waals surface area (Å²) in [5.74, 6) is -6.05. The maximum absolute atomic E-state index is 14.7. The van der Waals surface area contributed by atoms with E-state index in [2.05, 4.69) is 33.0 Å². The van der Waals surface area contributed by atoms with Crippen LogP contribution in [0.3, 0.4) is 0 Å². The highest BCUT2D eigenvalue weighted by Gasteiger charge is 2.63. The van der Waals surface area contributed by atoms with Gasteiger partial charge >= 0.3 is 12.1 Å². The molecule has 5 aliphatic heterocycles. The fourth-order valence-corrected chi connectivity index (χ4v) is 12.2. The lowest BCUT2D eigenvalue weighted by atomic mass is 9.72. The summed E-state index contributed by atoms with van der Waals surface area (Å²) in [5, 5.41) is 36.1. The SMILES string of the molecule is CCCCCCCCCCOC(=O)NC1C=C[C@]2(O[C@H](C(CC)C(=O)[C@@H](C)[C@@H](O)[C@H](C)[C@@H]3O[C@@H](C(CC)C(=O)O)CC[C@@H]3C)[C@@H](C)C[C@H]2C)O[C@@]12CC[C@@](C)([C@H]1CC[C@](O)(CC)[C@H](C)O1)O2. The number of carbonyl (C=O) groups excluding carboxylic acids is 2. The molecule has 0 aliphatic carbocycles. The molecule has 4 N–H and O–H groups in total. The van der Waals surface area contributed by atoms with Gasteiger partial charge < -0.3 is 49.1 Å². The number of aliphatic hydroxyl groups is 2. The Morgan fingerprint density at radius 2 is 1.48 bits per heavy atom. The maximum Gasteiger partial charge on any atom is 0.407 e. The molecule has 0 aromatic heterocycles. The van der Waals surface area contributed by atoms with Crippen LogP contribution >= 0.6 is 0 Å². The number of aliphatic hydroxyl groups excluding tert-OH is 1. The van der Waals surface area contributed by atoms with E-state index in [1.165, 1.54) is 32.1 Å². The molecule has 0 saturated carbocycles. The molecule has 0 bridgehead atoms. The van der Waals surface area contributed by atoms with Gasteiger partial charge in [0.15, 0.2) is 11.6 Å². The van der Waals surface area contributed by atoms with Gasteiger partial charge in [0.25, 0.3) is 0 Å². The molecule has 4 fully saturated rings. The van der Waals surface area contributed by atoms with Crippen LogP contribution in [0.1, 0.15) is 192 Å². The van der Waals surface area contributed by atoms with Gasteiger partial charge in [0, 0.05) is 30.1 Å². The van der Waals surface area contributed by atoms with E-state index >= 15 is 0 Å². The normalized spacial score (nSPS) is 39.3. The van der Waals surface area contributed by atoms with Gasteiger partial charge in [-0.15, -0.1) is 0 Å². The van der Waals surface area contributed by atoms with Gasteiger partial charge in [-0.1, -0.05) is 113 Å². The van der Waals surface area contributed by atoms with Gasteiger partial charge in [-0.2, -0.15) is 0 Å². The lowest BCUT2D eigenvalue weighted by molar-refractivity contribution is -0.398. The molecule has 2 spiro atoms. The average Bonchev–Trinajstić information content (AvgIpc) is 3.63. The Bertz CT molecular complexity index is 1610. The number of aliphatic carboxylic acids is 1. The summed E-state index contributed by atoms with van der Waals surface area (Å²) in [4.78, 5) is 40.3. The highest BCUT2D eigenvalue weighted by Crippen LogP contribution is 2.54. The summed E-state index contributed by atoms with van der Waals surface area (Å²) in [6.07, 6.45) is 15.1. The molecule has 5 aliphatic rings. The van der Waals surface area contributed by atoms with Crippen molar-refractivity contribution in [1.82, 2.24) is 5.32 Å². The number of carbonyl (C=O) groups is 3. The zero-order chi connectivity index (χ0) is 48.6. The van der Waals surface area contributed by atoms with Crippen molar-refractivity contribution >= 4 is 17.8 Å². The second-order valence-electron chi connectivity index (χ2n) is 21.7. The fourth-order valence-electron chi connectivity index (χ4n) is 12.2. The minimum absolute atomic E-state index is 0.0231. The van der Waals surface area contributed by atoms with Crippen LogP contribution in [0, 0.1) is 41.4 Å². The minimum atomic E-state index is -1.36. The third kappa shape index (κ3) is 12.2. The van der Waals surface area contributed by atoms with E-state index in [-0.39, 0.29) is 29.6 Å². The van der Waals surface area contributed by atoms with Crippen LogP contribution in [0.25, 0.3) is 0 Å². The number of nitrogens with one attached hydrogen (secondary N) is 1. The standard InChI is InChI=1S/C53H91NO12/c1-12-16-17-18-19-20-21-22-31-61-49(59)54-42-25-28-52(66-53(42)30-29-50(11,65-53)43-26-27-51(60,15-4)38(10)62-43)35(7)32-34(6)47(64-52)40(14-3)45(56)36(8)44(55)37(9)46-33(5)23-24-41(63-46)39(13-2)48(57)58/h25,28,33-44,46-47,55,60H,12-24,26-27,29-32H2,1-11H3,(H,54,59)(H,57,58)/t33-,34-,35+,36-,37-,38-,39?,40?,41+,42?,43+,44+,46+,47-,50-,51+,52-,53-/m0/s1. The van der Waals surface area contributed by atoms with E-state index in [1.54, 1.807) is 6.92 Å². The second-order valence-corrected chi connectivity index (χ2v) is 21.7. The third-order valence-corrected chi connectivity index (χ3v) is 17.0. The van der Waals surface area contributed by atoms with Crippen molar-refractivity contribution in [2.24, 2.45) is 41.4 Å². The first-order valence-electron chi connectivity index (χ1n) is 26.4. The summed E-state index contributed by atoms with van der Waals surface area (Å²) < 4.78 is 40.4. The van der Waals surface area contributed by atoms with Gasteiger partial charge in [0.05, 0.1) is 60.4 Å². The number of Topliss-reactive ketones (excluding diaryl/α,β-unsaturated/α-hetero) is 1. The summed E-state index contributed by atoms with van der Waals surface area (Å²) in [5.41, 5.74) is -1.72. The molecule has 4 saturated heterocycles. The van der Waals surface area contributed by atoms with E-state index < -0.39 is 95.1 Å². The molecule has 380 valence electrons. The van der Waals surface area contributed by atoms with Crippen LogP contribution in [-0.2, 0) is 38.0 Å². The van der Waals surface area contributed by atoms with Gasteiger partial charge in [-0.3, -0.25) is 9.59 Å². The van der Waals surface area contributed by atoms with Crippen LogP contribution in [0.5, 0.6) is 0 Å². The van der Waals surface area contributed by atoms with E-state index in [0.29, 0.717) is 64.4 Å². The number of ether oxygens (including phenoxy) is 6. The van der Waals surface area contributed by atoms with Crippen LogP contribution in [-0.4, -0.2) is 105 Å². The Balaban J connectivity index is 1.34. The van der Waals surface area contributed by atoms with Gasteiger partial charge in [-0.05, 0) is 96.0 Å². The Hall–Kier alpha value is -2.13. The quantitative estimate of drug-likeness (QED) is 0.0597. The van der Waals surface area contributed by atoms with Gasteiger partial charge in [0.1, 0.15) is 11.8 Å². The van der Waals surface area contributed by atoms with Crippen molar-refractivity contribution in [3.8, 4) is 0 Å². The van der Waals surface area contributed by atoms with Gasteiger partial charge in [0.2, 0.25) is 0 Å². The first-order chi connectivity index (χ1) is 31.2. The fraction of sp³-hybridized carbons (Fsp3) is 0.906. The summed E-state index contributed by atoms with van der Waals surface area (Å²) >= 11 is 0. The Morgan fingerprint density at radius 1 is 0.818 bits per heavy atom. The largest absolute Gasteiger partial charge is 0.481 e. The molecule has 13 nitrogen and oxygen atoms in total. The number of rotatable bonds is 22. The molecule has 0 radical (unpaired) electrons. The lowest BCUT2D eigenvalue weighted by Crippen LogP contribution is -2.65. The maximum atomic E-state index is 14.7. The average molecular weight is 934 g/mol. The molecule has 0 aromatic carbocycles. The minimum Gasteiger partial charge on any atom is -0.481 e. The molecular formula is C53H91NO12. The monoisotopic (exact) mass is 934 g/mol. The van der Waals surface area contributed by atoms with E-state index in [4.69, 9.17) is 28.4 Å². The van der Waals surface area contributed by atoms with Crippen molar-refractivity contribution < 1.29 is 58.1 Å². The number of carboxylic acid groups (broad SMARTS) is 1. The van der Waals surface area contributed by atoms with Crippen molar-refractivity contribution in [2.45, 2.75) is 257 Å². The smallest absolute Gasteiger partial charge is 0.407 e. The number of ketones is 1. The number of unbranched alkanes of at least 4 members (excludes halogenated alkanes) is 7. The lowest BCUT2D eigenvalue weighted by Gasteiger charge is -2.55. The van der Waals surface area contributed by atoms with E-state index in [1.807, 2.05) is 53.7 Å². The molecule has 18 atom stereocenters. The summed E-state index contributed by atoms with van der Waals surface area (Å²) in [6, 6.07) is -0.717. The second kappa shape index (κ2) is 23.7. The van der Waals surface area contributed by atoms with E-state index in [9.17, 15) is 29.7 Å². The molecule has 0 aromatic rings. The van der Waals surface area contributed by atoms with Crippen molar-refractivity contribution in [3.63, 3.8) is 0 Å². The molecule has 5 heterocycles. The predicted octanol–water partition coefficient (Wildman–Crippen LogP) is 10.1. The molecule has 66 heavy (non-hydrogen) atoms. The highest BCUT2D eigenvalue weighted by atomic mass is 16.8. The number of amides is 1. The Kier molecular flexibility index (Phi) is 19.6. The van der Waals surface area contributed by atoms with E-state index in [0.717, 1.165) is 25.7 Å². The predicted molar refractivity (Wildman–Crippen MR) is 254 cm³/mol. The Morgan fingerprint density at radius 3 is 2.11 bits per heavy atom. The molecule has 3 unspecified atom stereocenters. The number of carboxylic acids is 1. The molecule has 13 heteroatoms. The first kappa shape index (κ1) is 54.8. The number of hydrogen-bond acceptors (Lipinski definition) is 11. The van der Waals surface area contributed by atoms with Crippen molar-refractivity contribution in [3.05, 3.63) is 12.2 Å². The molecular weight excluding hydrogens is 843 g/mol. The number of alkyl carbamates (subject to hydrolysis) is 1. The summed E-state index contributed by atoms with van der Waals surface area (Å²) in [6.45, 7) is 22.3. The zero-order valence-corrected chi connectivity index (χ0v) is 42.7. The van der Waals surface area contributed by atoms with Gasteiger partial charge in [-0.25, -0.2) is 4.79 Å². The topological polar surface area (TPSA) is 179 Å². The molecule has 1 amide bonds. The van der Waals surface area contributed by atoms with Crippen molar-refractivity contribution in [1.29, 1.82) is 0 Å². The molecule has 5 rings (SSSR count). The number of hydrogen-bond donors (Lipinski definition) is 4. The first-order valence-corrected chi connectivity index (χ1v) is 26.4. The zero-order valence-electron chi connectivity index (χ0n) is 42.7. The van der Waals surface area contributed by atoms with Crippen LogP contribution in [0.2, 0.25) is 0 Å². The van der Waals surface area contributed by atoms with Crippen LogP contribution in [0.4, 0.5) is 4.79 Å². The highest BCUT2D eigenvalue weighted by molar-refractivity contribution is 5.84. The van der Waals surface area contributed by atoms with Crippen LogP contribution < -0.4 is 5.32 Å².